The minimum absolute atomic E-state index is 0.232. The average molecular weight is 357 g/mol. The summed E-state index contributed by atoms with van der Waals surface area (Å²) in [6.45, 7) is 6.51. The molecule has 25 heavy (non-hydrogen) atoms. The van der Waals surface area contributed by atoms with Crippen LogP contribution in [0.1, 0.15) is 33.4 Å². The highest BCUT2D eigenvalue weighted by Crippen LogP contribution is 2.31. The molecule has 6 nitrogen and oxygen atoms in total. The fourth-order valence-electron chi connectivity index (χ4n) is 2.51. The molecule has 0 saturated carbocycles. The minimum Gasteiger partial charge on any atom is -0.508 e. The number of rotatable bonds is 5. The number of phenolic OH excluding ortho intramolecular Hbond substituents is 1. The fourth-order valence-corrected chi connectivity index (χ4v) is 3.42. The van der Waals surface area contributed by atoms with E-state index < -0.39 is 0 Å². The first-order valence-corrected chi connectivity index (χ1v) is 8.75. The molecule has 2 aromatic heterocycles. The Morgan fingerprint density at radius 3 is 2.84 bits per heavy atom. The summed E-state index contributed by atoms with van der Waals surface area (Å²) in [6.07, 6.45) is 3.16. The molecule has 0 fully saturated rings. The molecule has 0 aliphatic heterocycles. The molecule has 2 heterocycles. The molecule has 0 unspecified atom stereocenters. The molecular formula is C18H19N3O3S. The first kappa shape index (κ1) is 17.2. The van der Waals surface area contributed by atoms with Crippen LogP contribution in [0.5, 0.6) is 5.75 Å². The lowest BCUT2D eigenvalue weighted by Gasteiger charge is -2.01. The highest BCUT2D eigenvalue weighted by Gasteiger charge is 2.14. The zero-order valence-electron chi connectivity index (χ0n) is 14.3. The molecule has 0 spiro atoms. The monoisotopic (exact) mass is 357 g/mol. The van der Waals surface area contributed by atoms with E-state index in [1.54, 1.807) is 41.3 Å². The second kappa shape index (κ2) is 7.06. The second-order valence-corrected chi connectivity index (χ2v) is 6.93. The summed E-state index contributed by atoms with van der Waals surface area (Å²) in [5, 5.41) is 14.8. The maximum Gasteiger partial charge on any atom is 0.341 e. The number of aryl methyl sites for hydroxylation is 2. The minimum atomic E-state index is -0.375. The van der Waals surface area contributed by atoms with Crippen molar-refractivity contribution in [3.63, 3.8) is 0 Å². The number of thiazole rings is 1. The van der Waals surface area contributed by atoms with Crippen LogP contribution >= 0.6 is 11.3 Å². The van der Waals surface area contributed by atoms with Crippen molar-refractivity contribution < 1.29 is 14.6 Å². The average Bonchev–Trinajstić information content (AvgIpc) is 3.15. The van der Waals surface area contributed by atoms with E-state index in [4.69, 9.17) is 4.74 Å². The topological polar surface area (TPSA) is 77.2 Å². The van der Waals surface area contributed by atoms with Gasteiger partial charge in [-0.3, -0.25) is 4.68 Å². The van der Waals surface area contributed by atoms with Crippen LogP contribution in [0.25, 0.3) is 10.6 Å². The third kappa shape index (κ3) is 3.88. The summed E-state index contributed by atoms with van der Waals surface area (Å²) in [4.78, 5) is 17.5. The van der Waals surface area contributed by atoms with E-state index in [2.05, 4.69) is 10.1 Å². The number of hydrogen-bond acceptors (Lipinski definition) is 6. The number of aromatic nitrogens is 3. The molecule has 0 atom stereocenters. The van der Waals surface area contributed by atoms with Gasteiger partial charge in [0.25, 0.3) is 0 Å². The van der Waals surface area contributed by atoms with E-state index in [0.29, 0.717) is 18.7 Å². The Morgan fingerprint density at radius 2 is 2.12 bits per heavy atom. The van der Waals surface area contributed by atoms with Crippen LogP contribution in [-0.4, -0.2) is 32.4 Å². The fraction of sp³-hybridized carbons (Fsp3) is 0.278. The van der Waals surface area contributed by atoms with Gasteiger partial charge < -0.3 is 9.84 Å². The smallest absolute Gasteiger partial charge is 0.341 e. The van der Waals surface area contributed by atoms with Crippen LogP contribution < -0.4 is 0 Å². The van der Waals surface area contributed by atoms with Crippen molar-refractivity contribution in [2.45, 2.75) is 27.3 Å². The van der Waals surface area contributed by atoms with Crippen molar-refractivity contribution in [2.24, 2.45) is 0 Å². The normalized spacial score (nSPS) is 10.8. The van der Waals surface area contributed by atoms with E-state index in [-0.39, 0.29) is 11.7 Å². The summed E-state index contributed by atoms with van der Waals surface area (Å²) < 4.78 is 6.64. The highest BCUT2D eigenvalue weighted by atomic mass is 32.1. The summed E-state index contributed by atoms with van der Waals surface area (Å²) >= 11 is 1.57. The Kier molecular flexibility index (Phi) is 4.85. The number of phenols is 1. The van der Waals surface area contributed by atoms with Crippen molar-refractivity contribution in [1.29, 1.82) is 0 Å². The van der Waals surface area contributed by atoms with Gasteiger partial charge in [-0.15, -0.1) is 11.3 Å². The SMILES string of the molecule is CCOC(=O)c1cnn(Cc2nc(-c3cc(C)cc(O)c3)sc2C)c1. The van der Waals surface area contributed by atoms with Gasteiger partial charge in [0.05, 0.1) is 30.6 Å². The Hall–Kier alpha value is -2.67. The van der Waals surface area contributed by atoms with E-state index in [0.717, 1.165) is 26.7 Å². The molecule has 0 aliphatic rings. The molecule has 1 N–H and O–H groups in total. The molecule has 130 valence electrons. The highest BCUT2D eigenvalue weighted by molar-refractivity contribution is 7.15. The van der Waals surface area contributed by atoms with Gasteiger partial charge in [0, 0.05) is 16.6 Å². The van der Waals surface area contributed by atoms with Crippen molar-refractivity contribution in [3.05, 3.63) is 52.3 Å². The van der Waals surface area contributed by atoms with Crippen molar-refractivity contribution >= 4 is 17.3 Å². The molecule has 0 aliphatic carbocycles. The number of nitrogens with zero attached hydrogens (tertiary/aromatic N) is 3. The number of hydrogen-bond donors (Lipinski definition) is 1. The number of ether oxygens (including phenoxy) is 1. The molecular weight excluding hydrogens is 338 g/mol. The van der Waals surface area contributed by atoms with Gasteiger partial charge in [-0.25, -0.2) is 9.78 Å². The number of carbonyl (C=O) groups is 1. The predicted octanol–water partition coefficient (Wildman–Crippen LogP) is 3.55. The lowest BCUT2D eigenvalue weighted by atomic mass is 10.1. The van der Waals surface area contributed by atoms with Gasteiger partial charge in [-0.1, -0.05) is 0 Å². The third-order valence-corrected chi connectivity index (χ3v) is 4.72. The van der Waals surface area contributed by atoms with Crippen LogP contribution in [0.15, 0.2) is 30.6 Å². The molecule has 3 aromatic rings. The molecule has 0 radical (unpaired) electrons. The molecule has 0 amide bonds. The van der Waals surface area contributed by atoms with Gasteiger partial charge in [-0.2, -0.15) is 5.10 Å². The van der Waals surface area contributed by atoms with Crippen LogP contribution in [-0.2, 0) is 11.3 Å². The number of carbonyl (C=O) groups excluding carboxylic acids is 1. The molecule has 1 aromatic carbocycles. The van der Waals surface area contributed by atoms with Crippen LogP contribution in [0.3, 0.4) is 0 Å². The lowest BCUT2D eigenvalue weighted by Crippen LogP contribution is -2.04. The quantitative estimate of drug-likeness (QED) is 0.707. The molecule has 7 heteroatoms. The predicted molar refractivity (Wildman–Crippen MR) is 96.0 cm³/mol. The van der Waals surface area contributed by atoms with Crippen LogP contribution in [0.4, 0.5) is 0 Å². The Balaban J connectivity index is 1.82. The van der Waals surface area contributed by atoms with Crippen molar-refractivity contribution in [1.82, 2.24) is 14.8 Å². The Labute approximate surface area is 149 Å². The number of aromatic hydroxyl groups is 1. The summed E-state index contributed by atoms with van der Waals surface area (Å²) in [5.41, 5.74) is 3.19. The lowest BCUT2D eigenvalue weighted by molar-refractivity contribution is 0.0526. The summed E-state index contributed by atoms with van der Waals surface area (Å²) in [7, 11) is 0. The number of esters is 1. The van der Waals surface area contributed by atoms with Gasteiger partial charge in [-0.05, 0) is 44.5 Å². The van der Waals surface area contributed by atoms with Gasteiger partial charge in [0.2, 0.25) is 0 Å². The first-order valence-electron chi connectivity index (χ1n) is 7.93. The zero-order valence-corrected chi connectivity index (χ0v) is 15.1. The third-order valence-electron chi connectivity index (χ3n) is 3.66. The van der Waals surface area contributed by atoms with E-state index in [1.165, 1.54) is 6.20 Å². The Bertz CT molecular complexity index is 894. The van der Waals surface area contributed by atoms with E-state index in [9.17, 15) is 9.90 Å². The van der Waals surface area contributed by atoms with E-state index in [1.807, 2.05) is 19.9 Å². The van der Waals surface area contributed by atoms with Gasteiger partial charge >= 0.3 is 5.97 Å². The maximum atomic E-state index is 11.7. The molecule has 0 bridgehead atoms. The standard InChI is InChI=1S/C18H19N3O3S/c1-4-24-18(23)14-8-19-21(9-14)10-16-12(3)25-17(20-16)13-5-11(2)6-15(22)7-13/h5-9,22H,4,10H2,1-3H3. The van der Waals surface area contributed by atoms with E-state index >= 15 is 0 Å². The van der Waals surface area contributed by atoms with Gasteiger partial charge in [0.15, 0.2) is 0 Å². The number of benzene rings is 1. The summed E-state index contributed by atoms with van der Waals surface area (Å²) in [5.74, 6) is -0.143. The van der Waals surface area contributed by atoms with Gasteiger partial charge in [0.1, 0.15) is 10.8 Å². The zero-order chi connectivity index (χ0) is 18.0. The largest absolute Gasteiger partial charge is 0.508 e. The summed E-state index contributed by atoms with van der Waals surface area (Å²) in [6, 6.07) is 5.42. The van der Waals surface area contributed by atoms with Crippen molar-refractivity contribution in [2.75, 3.05) is 6.61 Å². The Morgan fingerprint density at radius 1 is 1.32 bits per heavy atom. The second-order valence-electron chi connectivity index (χ2n) is 5.73. The molecule has 0 saturated heterocycles. The van der Waals surface area contributed by atoms with Crippen LogP contribution in [0, 0.1) is 13.8 Å². The van der Waals surface area contributed by atoms with Crippen molar-refractivity contribution in [3.8, 4) is 16.3 Å². The molecule has 3 rings (SSSR count). The first-order chi connectivity index (χ1) is 12.0. The maximum absolute atomic E-state index is 11.7. The van der Waals surface area contributed by atoms with Crippen LogP contribution in [0.2, 0.25) is 0 Å².